The topological polar surface area (TPSA) is 125 Å². The van der Waals surface area contributed by atoms with Crippen LogP contribution in [0.15, 0.2) is 83.3 Å². The van der Waals surface area contributed by atoms with Gasteiger partial charge in [0.2, 0.25) is 5.91 Å². The van der Waals surface area contributed by atoms with Crippen LogP contribution in [0.2, 0.25) is 0 Å². The summed E-state index contributed by atoms with van der Waals surface area (Å²) in [5.74, 6) is -1.54. The summed E-state index contributed by atoms with van der Waals surface area (Å²) in [7, 11) is -4.34. The van der Waals surface area contributed by atoms with Crippen molar-refractivity contribution in [3.05, 3.63) is 89.5 Å². The number of rotatable bonds is 7. The van der Waals surface area contributed by atoms with Crippen LogP contribution in [-0.2, 0) is 25.9 Å². The van der Waals surface area contributed by atoms with E-state index in [4.69, 9.17) is 4.18 Å². The van der Waals surface area contributed by atoms with Crippen molar-refractivity contribution in [2.45, 2.75) is 18.0 Å². The number of amides is 2. The Morgan fingerprint density at radius 1 is 0.946 bits per heavy atom. The first-order chi connectivity index (χ1) is 17.4. The minimum absolute atomic E-state index is 0.0525. The van der Waals surface area contributed by atoms with E-state index in [0.717, 1.165) is 18.2 Å². The maximum Gasteiger partial charge on any atom is 0.416 e. The number of hydrogen-bond acceptors (Lipinski definition) is 6. The molecule has 3 rings (SSSR count). The van der Waals surface area contributed by atoms with Gasteiger partial charge in [0, 0.05) is 23.9 Å². The predicted molar refractivity (Wildman–Crippen MR) is 129 cm³/mol. The first-order valence-corrected chi connectivity index (χ1v) is 11.8. The van der Waals surface area contributed by atoms with Crippen LogP contribution in [-0.4, -0.2) is 20.2 Å². The molecule has 0 spiro atoms. The summed E-state index contributed by atoms with van der Waals surface area (Å²) in [6, 6.07) is 16.4. The fourth-order valence-electron chi connectivity index (χ4n) is 3.03. The number of alkyl halides is 3. The molecule has 8 nitrogen and oxygen atoms in total. The van der Waals surface area contributed by atoms with Crippen LogP contribution in [0, 0.1) is 11.3 Å². The van der Waals surface area contributed by atoms with Crippen molar-refractivity contribution in [2.24, 2.45) is 0 Å². The molecule has 2 amide bonds. The maximum absolute atomic E-state index is 12.9. The number of halogens is 3. The Hall–Kier alpha value is -4.63. The van der Waals surface area contributed by atoms with Crippen molar-refractivity contribution < 1.29 is 35.4 Å². The number of para-hydroxylation sites is 1. The molecule has 0 bridgehead atoms. The second-order valence-corrected chi connectivity index (χ2v) is 9.03. The molecule has 0 saturated heterocycles. The smallest absolute Gasteiger partial charge is 0.378 e. The molecule has 0 heterocycles. The highest BCUT2D eigenvalue weighted by Crippen LogP contribution is 2.31. The van der Waals surface area contributed by atoms with Crippen LogP contribution in [0.3, 0.4) is 0 Å². The van der Waals surface area contributed by atoms with Crippen molar-refractivity contribution in [1.82, 2.24) is 0 Å². The van der Waals surface area contributed by atoms with Gasteiger partial charge in [-0.15, -0.1) is 0 Å². The van der Waals surface area contributed by atoms with Crippen LogP contribution in [0.25, 0.3) is 6.08 Å². The molecular weight excluding hydrogens is 511 g/mol. The highest BCUT2D eigenvalue weighted by atomic mass is 32.2. The van der Waals surface area contributed by atoms with E-state index in [2.05, 4.69) is 10.6 Å². The third-order valence-corrected chi connectivity index (χ3v) is 5.94. The van der Waals surface area contributed by atoms with Gasteiger partial charge in [0.05, 0.1) is 5.56 Å². The van der Waals surface area contributed by atoms with E-state index in [-0.39, 0.29) is 27.8 Å². The van der Waals surface area contributed by atoms with Gasteiger partial charge < -0.3 is 14.8 Å². The molecule has 37 heavy (non-hydrogen) atoms. The van der Waals surface area contributed by atoms with Gasteiger partial charge in [-0.3, -0.25) is 9.59 Å². The molecule has 3 aromatic carbocycles. The first-order valence-electron chi connectivity index (χ1n) is 10.4. The fourth-order valence-corrected chi connectivity index (χ4v) is 3.98. The van der Waals surface area contributed by atoms with E-state index < -0.39 is 33.3 Å². The van der Waals surface area contributed by atoms with Gasteiger partial charge in [0.1, 0.15) is 22.3 Å². The fraction of sp³-hybridized carbons (Fsp3) is 0.0800. The molecule has 0 fully saturated rings. The van der Waals surface area contributed by atoms with Crippen LogP contribution in [0.4, 0.5) is 24.5 Å². The molecule has 0 radical (unpaired) electrons. The number of nitrogens with zero attached hydrogens (tertiary/aromatic N) is 1. The molecule has 0 saturated carbocycles. The SMILES string of the molecule is CC(=O)Nc1ccc(S(=O)(=O)Oc2ccccc2/C=C(\C#N)C(=O)Nc2cccc(C(F)(F)F)c2)cc1. The molecule has 190 valence electrons. The lowest BCUT2D eigenvalue weighted by Crippen LogP contribution is -2.15. The standard InChI is InChI=1S/C25H18F3N3O5S/c1-16(32)30-20-9-11-22(12-10-20)37(34,35)36-23-8-3-2-5-17(23)13-18(15-29)24(33)31-21-7-4-6-19(14-21)25(26,27)28/h2-14H,1H3,(H,30,32)(H,31,33)/b18-13+. The summed E-state index contributed by atoms with van der Waals surface area (Å²) in [5, 5.41) is 14.2. The molecule has 12 heteroatoms. The van der Waals surface area contributed by atoms with Crippen molar-refractivity contribution in [3.8, 4) is 11.8 Å². The first kappa shape index (κ1) is 27.0. The molecule has 0 unspecified atom stereocenters. The number of benzene rings is 3. The number of anilines is 2. The third kappa shape index (κ3) is 7.18. The van der Waals surface area contributed by atoms with E-state index in [9.17, 15) is 36.4 Å². The van der Waals surface area contributed by atoms with Crippen molar-refractivity contribution in [1.29, 1.82) is 5.26 Å². The molecule has 2 N–H and O–H groups in total. The van der Waals surface area contributed by atoms with Crippen molar-refractivity contribution in [2.75, 3.05) is 10.6 Å². The minimum Gasteiger partial charge on any atom is -0.378 e. The van der Waals surface area contributed by atoms with Gasteiger partial charge in [0.15, 0.2) is 0 Å². The molecule has 0 aliphatic heterocycles. The summed E-state index contributed by atoms with van der Waals surface area (Å²) in [6.07, 6.45) is -3.58. The summed E-state index contributed by atoms with van der Waals surface area (Å²) in [6.45, 7) is 1.30. The lowest BCUT2D eigenvalue weighted by atomic mass is 10.1. The zero-order valence-electron chi connectivity index (χ0n) is 19.0. The molecule has 0 atom stereocenters. The number of nitriles is 1. The molecular formula is C25H18F3N3O5S. The Bertz CT molecular complexity index is 1510. The lowest BCUT2D eigenvalue weighted by Gasteiger charge is -2.11. The summed E-state index contributed by atoms with van der Waals surface area (Å²) in [5.41, 5.74) is -1.25. The number of carbonyl (C=O) groups excluding carboxylic acids is 2. The van der Waals surface area contributed by atoms with E-state index >= 15 is 0 Å². The second-order valence-electron chi connectivity index (χ2n) is 7.48. The highest BCUT2D eigenvalue weighted by Gasteiger charge is 2.30. The zero-order chi connectivity index (χ0) is 27.2. The minimum atomic E-state index is -4.62. The summed E-state index contributed by atoms with van der Waals surface area (Å²) >= 11 is 0. The maximum atomic E-state index is 12.9. The quantitative estimate of drug-likeness (QED) is 0.253. The molecule has 0 aromatic heterocycles. The van der Waals surface area contributed by atoms with Gasteiger partial charge in [-0.1, -0.05) is 24.3 Å². The summed E-state index contributed by atoms with van der Waals surface area (Å²) in [4.78, 5) is 23.5. The van der Waals surface area contributed by atoms with E-state index in [0.29, 0.717) is 11.8 Å². The van der Waals surface area contributed by atoms with Crippen LogP contribution < -0.4 is 14.8 Å². The van der Waals surface area contributed by atoms with E-state index in [1.54, 1.807) is 6.07 Å². The largest absolute Gasteiger partial charge is 0.416 e. The Morgan fingerprint density at radius 3 is 2.24 bits per heavy atom. The number of nitrogens with one attached hydrogen (secondary N) is 2. The average Bonchev–Trinajstić information content (AvgIpc) is 2.83. The molecule has 3 aromatic rings. The van der Waals surface area contributed by atoms with E-state index in [1.807, 2.05) is 0 Å². The number of hydrogen-bond donors (Lipinski definition) is 2. The predicted octanol–water partition coefficient (Wildman–Crippen LogP) is 4.98. The third-order valence-electron chi connectivity index (χ3n) is 4.69. The number of carbonyl (C=O) groups is 2. The summed E-state index contributed by atoms with van der Waals surface area (Å²) < 4.78 is 69.5. The van der Waals surface area contributed by atoms with Crippen molar-refractivity contribution >= 4 is 39.4 Å². The van der Waals surface area contributed by atoms with Crippen LogP contribution in [0.1, 0.15) is 18.1 Å². The Morgan fingerprint density at radius 2 is 1.62 bits per heavy atom. The van der Waals surface area contributed by atoms with Crippen LogP contribution in [0.5, 0.6) is 5.75 Å². The normalized spacial score (nSPS) is 11.8. The monoisotopic (exact) mass is 529 g/mol. The van der Waals surface area contributed by atoms with E-state index in [1.165, 1.54) is 61.5 Å². The van der Waals surface area contributed by atoms with Gasteiger partial charge >= 0.3 is 16.3 Å². The Labute approximate surface area is 210 Å². The van der Waals surface area contributed by atoms with Gasteiger partial charge in [0.25, 0.3) is 5.91 Å². The van der Waals surface area contributed by atoms with Gasteiger partial charge in [-0.25, -0.2) is 0 Å². The van der Waals surface area contributed by atoms with Gasteiger partial charge in [-0.2, -0.15) is 26.9 Å². The lowest BCUT2D eigenvalue weighted by molar-refractivity contribution is -0.137. The average molecular weight is 529 g/mol. The molecule has 0 aliphatic carbocycles. The Kier molecular flexibility index (Phi) is 7.99. The van der Waals surface area contributed by atoms with Crippen LogP contribution >= 0.6 is 0 Å². The Balaban J connectivity index is 1.85. The second kappa shape index (κ2) is 11.0. The van der Waals surface area contributed by atoms with Crippen molar-refractivity contribution in [3.63, 3.8) is 0 Å². The highest BCUT2D eigenvalue weighted by molar-refractivity contribution is 7.87. The van der Waals surface area contributed by atoms with Gasteiger partial charge in [-0.05, 0) is 54.6 Å². The molecule has 0 aliphatic rings. The zero-order valence-corrected chi connectivity index (χ0v) is 19.9.